The Balaban J connectivity index is 2.07. The molecule has 0 saturated carbocycles. The monoisotopic (exact) mass is 316 g/mol. The smallest absolute Gasteiger partial charge is 0.229 e. The van der Waals surface area contributed by atoms with Crippen molar-refractivity contribution in [2.75, 3.05) is 0 Å². The zero-order valence-electron chi connectivity index (χ0n) is 9.53. The maximum Gasteiger partial charge on any atom is 0.252 e. The fraction of sp³-hybridized carbons (Fsp3) is 0. The van der Waals surface area contributed by atoms with E-state index in [4.69, 9.17) is 0 Å². The summed E-state index contributed by atoms with van der Waals surface area (Å²) in [6.07, 6.45) is 0. The zero-order chi connectivity index (χ0) is 14.3. The van der Waals surface area contributed by atoms with Crippen molar-refractivity contribution in [2.45, 2.75) is 9.24 Å². The van der Waals surface area contributed by atoms with Crippen LogP contribution in [0.5, 0.6) is 0 Å². The number of hydrogen-bond acceptors (Lipinski definition) is 4. The quantitative estimate of drug-likeness (QED) is 0.518. The standard InChI is InChI=1S/C12H4F4N2S2/c13-7-9(8(14)11(16)18-10(7)15)20-12-17-5-3-1-2-4-6(5)19-12/h1-4H. The molecule has 0 atom stereocenters. The molecule has 0 aliphatic carbocycles. The summed E-state index contributed by atoms with van der Waals surface area (Å²) in [4.78, 5) is 5.85. The molecule has 0 fully saturated rings. The van der Waals surface area contributed by atoms with Gasteiger partial charge in [0.1, 0.15) is 0 Å². The van der Waals surface area contributed by atoms with Gasteiger partial charge in [0.25, 0.3) is 11.9 Å². The Hall–Kier alpha value is -1.67. The van der Waals surface area contributed by atoms with Crippen molar-refractivity contribution in [3.63, 3.8) is 0 Å². The van der Waals surface area contributed by atoms with Gasteiger partial charge in [0.2, 0.25) is 0 Å². The van der Waals surface area contributed by atoms with Crippen molar-refractivity contribution in [1.29, 1.82) is 0 Å². The van der Waals surface area contributed by atoms with Crippen LogP contribution in [0.1, 0.15) is 0 Å². The average molecular weight is 316 g/mol. The van der Waals surface area contributed by atoms with Crippen LogP contribution in [-0.4, -0.2) is 9.97 Å². The second-order valence-electron chi connectivity index (χ2n) is 3.70. The highest BCUT2D eigenvalue weighted by molar-refractivity contribution is 8.01. The highest BCUT2D eigenvalue weighted by atomic mass is 32.2. The van der Waals surface area contributed by atoms with Gasteiger partial charge >= 0.3 is 0 Å². The third kappa shape index (κ3) is 2.25. The number of fused-ring (bicyclic) bond motifs is 1. The summed E-state index contributed by atoms with van der Waals surface area (Å²) in [6, 6.07) is 7.08. The largest absolute Gasteiger partial charge is 0.252 e. The van der Waals surface area contributed by atoms with Crippen LogP contribution in [0.15, 0.2) is 33.5 Å². The van der Waals surface area contributed by atoms with E-state index in [0.29, 0.717) is 17.3 Å². The molecule has 2 aromatic heterocycles. The second-order valence-corrected chi connectivity index (χ2v) is 5.99. The van der Waals surface area contributed by atoms with Crippen LogP contribution in [0.25, 0.3) is 10.2 Å². The van der Waals surface area contributed by atoms with Gasteiger partial charge in [0, 0.05) is 0 Å². The predicted molar refractivity (Wildman–Crippen MR) is 67.8 cm³/mol. The molecule has 102 valence electrons. The first-order chi connectivity index (χ1) is 9.56. The van der Waals surface area contributed by atoms with Crippen molar-refractivity contribution < 1.29 is 17.6 Å². The minimum Gasteiger partial charge on any atom is -0.229 e. The van der Waals surface area contributed by atoms with Gasteiger partial charge in [0.05, 0.1) is 15.1 Å². The Morgan fingerprint density at radius 2 is 1.55 bits per heavy atom. The molecule has 0 unspecified atom stereocenters. The number of aromatic nitrogens is 2. The molecule has 2 nitrogen and oxygen atoms in total. The maximum absolute atomic E-state index is 13.5. The summed E-state index contributed by atoms with van der Waals surface area (Å²) in [5.74, 6) is -6.39. The van der Waals surface area contributed by atoms with Gasteiger partial charge in [-0.25, -0.2) is 13.8 Å². The number of rotatable bonds is 2. The fourth-order valence-corrected chi connectivity index (χ4v) is 3.59. The number of pyridine rings is 1. The molecular weight excluding hydrogens is 312 g/mol. The van der Waals surface area contributed by atoms with Crippen molar-refractivity contribution in [3.05, 3.63) is 47.8 Å². The highest BCUT2D eigenvalue weighted by Gasteiger charge is 2.22. The SMILES string of the molecule is Fc1nc(F)c(F)c(Sc2nc3ccccc3s2)c1F. The minimum atomic E-state index is -1.67. The van der Waals surface area contributed by atoms with Crippen LogP contribution in [0.3, 0.4) is 0 Å². The first-order valence-corrected chi connectivity index (χ1v) is 6.93. The molecule has 0 aliphatic rings. The number of nitrogens with zero attached hydrogens (tertiary/aromatic N) is 2. The molecule has 3 rings (SSSR count). The van der Waals surface area contributed by atoms with Crippen LogP contribution in [0.2, 0.25) is 0 Å². The van der Waals surface area contributed by atoms with E-state index in [1.807, 2.05) is 0 Å². The number of benzene rings is 1. The maximum atomic E-state index is 13.5. The molecule has 1 aromatic carbocycles. The van der Waals surface area contributed by atoms with E-state index in [2.05, 4.69) is 9.97 Å². The molecule has 0 N–H and O–H groups in total. The van der Waals surface area contributed by atoms with Gasteiger partial charge in [-0.15, -0.1) is 11.3 Å². The van der Waals surface area contributed by atoms with E-state index in [9.17, 15) is 17.6 Å². The Kier molecular flexibility index (Phi) is 3.35. The first kappa shape index (κ1) is 13.3. The van der Waals surface area contributed by atoms with Crippen molar-refractivity contribution in [2.24, 2.45) is 0 Å². The van der Waals surface area contributed by atoms with E-state index in [1.165, 1.54) is 11.3 Å². The zero-order valence-corrected chi connectivity index (χ0v) is 11.2. The molecule has 8 heteroatoms. The first-order valence-electron chi connectivity index (χ1n) is 5.29. The van der Waals surface area contributed by atoms with Gasteiger partial charge in [-0.1, -0.05) is 23.9 Å². The number of hydrogen-bond donors (Lipinski definition) is 0. The Labute approximate surface area is 118 Å². The molecule has 0 saturated heterocycles. The van der Waals surface area contributed by atoms with Crippen LogP contribution < -0.4 is 0 Å². The van der Waals surface area contributed by atoms with E-state index in [1.54, 1.807) is 24.3 Å². The molecular formula is C12H4F4N2S2. The normalized spacial score (nSPS) is 11.2. The molecule has 0 bridgehead atoms. The summed E-state index contributed by atoms with van der Waals surface area (Å²) in [7, 11) is 0. The van der Waals surface area contributed by atoms with E-state index in [0.717, 1.165) is 4.70 Å². The van der Waals surface area contributed by atoms with Gasteiger partial charge in [0.15, 0.2) is 16.0 Å². The summed E-state index contributed by atoms with van der Waals surface area (Å²) in [5.41, 5.74) is 0.649. The van der Waals surface area contributed by atoms with E-state index < -0.39 is 28.4 Å². The molecule has 0 aliphatic heterocycles. The Bertz CT molecular complexity index is 744. The van der Waals surface area contributed by atoms with E-state index >= 15 is 0 Å². The lowest BCUT2D eigenvalue weighted by Gasteiger charge is -2.03. The number of thiazole rings is 1. The van der Waals surface area contributed by atoms with Crippen molar-refractivity contribution in [3.8, 4) is 0 Å². The number of halogens is 4. The fourth-order valence-electron chi connectivity index (χ4n) is 1.54. The lowest BCUT2D eigenvalue weighted by molar-refractivity contribution is 0.383. The van der Waals surface area contributed by atoms with Crippen molar-refractivity contribution in [1.82, 2.24) is 9.97 Å². The number of para-hydroxylation sites is 1. The molecule has 2 heterocycles. The molecule has 0 radical (unpaired) electrons. The third-order valence-electron chi connectivity index (χ3n) is 2.42. The van der Waals surface area contributed by atoms with Crippen molar-refractivity contribution >= 4 is 33.3 Å². The van der Waals surface area contributed by atoms with Gasteiger partial charge < -0.3 is 0 Å². The Morgan fingerprint density at radius 3 is 2.20 bits per heavy atom. The molecule has 3 aromatic rings. The third-order valence-corrected chi connectivity index (χ3v) is 4.58. The average Bonchev–Trinajstić information content (AvgIpc) is 2.84. The van der Waals surface area contributed by atoms with Crippen LogP contribution in [0, 0.1) is 23.5 Å². The molecule has 0 amide bonds. The predicted octanol–water partition coefficient (Wildman–Crippen LogP) is 4.40. The minimum absolute atomic E-state index is 0.286. The lowest BCUT2D eigenvalue weighted by atomic mass is 10.3. The van der Waals surface area contributed by atoms with Crippen LogP contribution in [0.4, 0.5) is 17.6 Å². The second kappa shape index (κ2) is 5.02. The molecule has 0 spiro atoms. The summed E-state index contributed by atoms with van der Waals surface area (Å²) in [6.45, 7) is 0. The summed E-state index contributed by atoms with van der Waals surface area (Å²) >= 11 is 1.71. The topological polar surface area (TPSA) is 25.8 Å². The lowest BCUT2D eigenvalue weighted by Crippen LogP contribution is -2.01. The van der Waals surface area contributed by atoms with Gasteiger partial charge in [-0.3, -0.25) is 0 Å². The van der Waals surface area contributed by atoms with E-state index in [-0.39, 0.29) is 4.34 Å². The highest BCUT2D eigenvalue weighted by Crippen LogP contribution is 2.37. The molecule has 20 heavy (non-hydrogen) atoms. The van der Waals surface area contributed by atoms with Crippen LogP contribution in [-0.2, 0) is 0 Å². The van der Waals surface area contributed by atoms with Crippen LogP contribution >= 0.6 is 23.1 Å². The summed E-state index contributed by atoms with van der Waals surface area (Å²) < 4.78 is 54.1. The summed E-state index contributed by atoms with van der Waals surface area (Å²) in [5, 5.41) is 0. The Morgan fingerprint density at radius 1 is 0.900 bits per heavy atom. The van der Waals surface area contributed by atoms with Gasteiger partial charge in [-0.2, -0.15) is 13.8 Å². The van der Waals surface area contributed by atoms with Gasteiger partial charge in [-0.05, 0) is 12.1 Å².